The summed E-state index contributed by atoms with van der Waals surface area (Å²) in [7, 11) is 0. The van der Waals surface area contributed by atoms with Crippen LogP contribution in [-0.2, 0) is 4.74 Å². The van der Waals surface area contributed by atoms with Gasteiger partial charge in [-0.1, -0.05) is 0 Å². The molecule has 1 aromatic carbocycles. The average Bonchev–Trinajstić information content (AvgIpc) is 2.48. The molecule has 1 fully saturated rings. The zero-order chi connectivity index (χ0) is 14.4. The molecule has 7 heteroatoms. The van der Waals surface area contributed by atoms with E-state index in [0.29, 0.717) is 32.0 Å². The van der Waals surface area contributed by atoms with E-state index in [1.807, 2.05) is 4.90 Å². The Kier molecular flexibility index (Phi) is 4.67. The number of allylic oxidation sites excluding steroid dienone is 1. The monoisotopic (exact) mass is 276 g/mol. The number of morpholine rings is 1. The molecule has 7 nitrogen and oxygen atoms in total. The topological polar surface area (TPSA) is 94.0 Å². The molecule has 0 radical (unpaired) electrons. The lowest BCUT2D eigenvalue weighted by Gasteiger charge is -2.29. The lowest BCUT2D eigenvalue weighted by Crippen LogP contribution is -2.36. The van der Waals surface area contributed by atoms with Gasteiger partial charge in [0.25, 0.3) is 5.69 Å². The summed E-state index contributed by atoms with van der Waals surface area (Å²) in [4.78, 5) is 16.8. The highest BCUT2D eigenvalue weighted by Crippen LogP contribution is 2.32. The third-order valence-corrected chi connectivity index (χ3v) is 2.93. The van der Waals surface area contributed by atoms with E-state index in [1.54, 1.807) is 24.4 Å². The minimum Gasteiger partial charge on any atom is -0.405 e. The molecule has 1 heterocycles. The van der Waals surface area contributed by atoms with E-state index >= 15 is 0 Å². The smallest absolute Gasteiger partial charge is 0.271 e. The van der Waals surface area contributed by atoms with E-state index in [1.165, 1.54) is 12.3 Å². The molecule has 1 aliphatic heterocycles. The van der Waals surface area contributed by atoms with Crippen LogP contribution in [0, 0.1) is 10.1 Å². The number of hydrogen-bond donors (Lipinski definition) is 1. The standard InChI is InChI=1S/C13H16N4O3/c14-4-1-5-15-12-3-2-11(17(18)19)10-13(12)16-6-8-20-9-7-16/h1-5,10H,6-9,14H2. The van der Waals surface area contributed by atoms with Crippen molar-refractivity contribution in [2.75, 3.05) is 31.2 Å². The third kappa shape index (κ3) is 3.33. The van der Waals surface area contributed by atoms with Gasteiger partial charge in [0.2, 0.25) is 0 Å². The highest BCUT2D eigenvalue weighted by molar-refractivity contribution is 5.79. The Hall–Kier alpha value is -2.41. The molecule has 0 atom stereocenters. The van der Waals surface area contributed by atoms with Crippen LogP contribution in [-0.4, -0.2) is 37.4 Å². The number of ether oxygens (including phenoxy) is 1. The Balaban J connectivity index is 2.36. The van der Waals surface area contributed by atoms with Crippen molar-refractivity contribution >= 4 is 23.3 Å². The Morgan fingerprint density at radius 1 is 1.40 bits per heavy atom. The van der Waals surface area contributed by atoms with Gasteiger partial charge in [0.05, 0.1) is 29.5 Å². The summed E-state index contributed by atoms with van der Waals surface area (Å²) >= 11 is 0. The van der Waals surface area contributed by atoms with Crippen molar-refractivity contribution in [2.45, 2.75) is 0 Å². The molecule has 0 saturated carbocycles. The van der Waals surface area contributed by atoms with Crippen molar-refractivity contribution in [1.29, 1.82) is 0 Å². The van der Waals surface area contributed by atoms with Crippen LogP contribution < -0.4 is 10.6 Å². The van der Waals surface area contributed by atoms with Gasteiger partial charge in [0, 0.05) is 31.4 Å². The number of aliphatic imine (C=N–C) groups is 1. The number of benzene rings is 1. The van der Waals surface area contributed by atoms with E-state index in [-0.39, 0.29) is 5.69 Å². The molecule has 2 N–H and O–H groups in total. The number of anilines is 1. The van der Waals surface area contributed by atoms with Crippen molar-refractivity contribution in [3.63, 3.8) is 0 Å². The van der Waals surface area contributed by atoms with Gasteiger partial charge in [0.15, 0.2) is 0 Å². The van der Waals surface area contributed by atoms with E-state index in [0.717, 1.165) is 5.69 Å². The van der Waals surface area contributed by atoms with Crippen molar-refractivity contribution in [3.8, 4) is 0 Å². The van der Waals surface area contributed by atoms with E-state index < -0.39 is 4.92 Å². The van der Waals surface area contributed by atoms with E-state index in [9.17, 15) is 10.1 Å². The van der Waals surface area contributed by atoms with Crippen molar-refractivity contribution in [2.24, 2.45) is 10.7 Å². The number of nitro groups is 1. The Labute approximate surface area is 116 Å². The average molecular weight is 276 g/mol. The van der Waals surface area contributed by atoms with Crippen LogP contribution in [0.2, 0.25) is 0 Å². The zero-order valence-corrected chi connectivity index (χ0v) is 10.9. The summed E-state index contributed by atoms with van der Waals surface area (Å²) in [5.74, 6) is 0. The fourth-order valence-electron chi connectivity index (χ4n) is 1.97. The van der Waals surface area contributed by atoms with Gasteiger partial charge < -0.3 is 15.4 Å². The van der Waals surface area contributed by atoms with Gasteiger partial charge in [-0.15, -0.1) is 0 Å². The maximum Gasteiger partial charge on any atom is 0.271 e. The van der Waals surface area contributed by atoms with E-state index in [2.05, 4.69) is 4.99 Å². The number of hydrogen-bond acceptors (Lipinski definition) is 6. The second-order valence-electron chi connectivity index (χ2n) is 4.19. The minimum atomic E-state index is -0.406. The Bertz CT molecular complexity index is 536. The van der Waals surface area contributed by atoms with Crippen molar-refractivity contribution < 1.29 is 9.66 Å². The van der Waals surface area contributed by atoms with Crippen LogP contribution >= 0.6 is 0 Å². The normalized spacial score (nSPS) is 16.1. The molecule has 106 valence electrons. The molecule has 0 bridgehead atoms. The van der Waals surface area contributed by atoms with Crippen LogP contribution in [0.1, 0.15) is 0 Å². The van der Waals surface area contributed by atoms with Gasteiger partial charge in [-0.25, -0.2) is 0 Å². The first-order valence-electron chi connectivity index (χ1n) is 6.24. The molecule has 1 aromatic rings. The highest BCUT2D eigenvalue weighted by atomic mass is 16.6. The summed E-state index contributed by atoms with van der Waals surface area (Å²) in [6.45, 7) is 2.59. The second kappa shape index (κ2) is 6.67. The number of nitro benzene ring substituents is 1. The van der Waals surface area contributed by atoms with Crippen molar-refractivity contribution in [1.82, 2.24) is 0 Å². The number of nitrogens with two attached hydrogens (primary N) is 1. The highest BCUT2D eigenvalue weighted by Gasteiger charge is 2.18. The molecule has 2 rings (SSSR count). The Morgan fingerprint density at radius 3 is 2.80 bits per heavy atom. The minimum absolute atomic E-state index is 0.0554. The molecule has 0 amide bonds. The predicted molar refractivity (Wildman–Crippen MR) is 77.6 cm³/mol. The van der Waals surface area contributed by atoms with Crippen LogP contribution in [0.4, 0.5) is 17.1 Å². The fraction of sp³-hybridized carbons (Fsp3) is 0.308. The number of non-ortho nitro benzene ring substituents is 1. The third-order valence-electron chi connectivity index (χ3n) is 2.93. The van der Waals surface area contributed by atoms with E-state index in [4.69, 9.17) is 10.5 Å². The van der Waals surface area contributed by atoms with Crippen LogP contribution in [0.3, 0.4) is 0 Å². The molecule has 1 aliphatic rings. The molecule has 0 aliphatic carbocycles. The quantitative estimate of drug-likeness (QED) is 0.512. The van der Waals surface area contributed by atoms with Gasteiger partial charge >= 0.3 is 0 Å². The fourth-order valence-corrected chi connectivity index (χ4v) is 1.97. The molecule has 0 spiro atoms. The molecular formula is C13H16N4O3. The van der Waals surface area contributed by atoms with Gasteiger partial charge in [0.1, 0.15) is 0 Å². The van der Waals surface area contributed by atoms with Crippen LogP contribution in [0.15, 0.2) is 35.5 Å². The molecule has 1 saturated heterocycles. The summed E-state index contributed by atoms with van der Waals surface area (Å²) < 4.78 is 5.30. The maximum atomic E-state index is 10.9. The number of rotatable bonds is 4. The second-order valence-corrected chi connectivity index (χ2v) is 4.19. The lowest BCUT2D eigenvalue weighted by atomic mass is 10.2. The van der Waals surface area contributed by atoms with Crippen LogP contribution in [0.5, 0.6) is 0 Å². The summed E-state index contributed by atoms with van der Waals surface area (Å²) in [5.41, 5.74) is 6.72. The van der Waals surface area contributed by atoms with Gasteiger partial charge in [-0.05, 0) is 18.3 Å². The van der Waals surface area contributed by atoms with Crippen LogP contribution in [0.25, 0.3) is 0 Å². The molecular weight excluding hydrogens is 260 g/mol. The Morgan fingerprint density at radius 2 is 2.15 bits per heavy atom. The molecule has 0 aromatic heterocycles. The maximum absolute atomic E-state index is 10.9. The predicted octanol–water partition coefficient (Wildman–Crippen LogP) is 1.61. The van der Waals surface area contributed by atoms with Gasteiger partial charge in [-0.3, -0.25) is 15.1 Å². The zero-order valence-electron chi connectivity index (χ0n) is 10.9. The van der Waals surface area contributed by atoms with Crippen molar-refractivity contribution in [3.05, 3.63) is 40.6 Å². The first-order chi connectivity index (χ1) is 9.72. The summed E-state index contributed by atoms with van der Waals surface area (Å²) in [6, 6.07) is 4.64. The molecule has 0 unspecified atom stereocenters. The van der Waals surface area contributed by atoms with Gasteiger partial charge in [-0.2, -0.15) is 0 Å². The largest absolute Gasteiger partial charge is 0.405 e. The molecule has 20 heavy (non-hydrogen) atoms. The SMILES string of the molecule is NC=CC=Nc1ccc([N+](=O)[O-])cc1N1CCOCC1. The first-order valence-corrected chi connectivity index (χ1v) is 6.24. The summed E-state index contributed by atoms with van der Waals surface area (Å²) in [6.07, 6.45) is 4.54. The number of nitrogens with zero attached hydrogens (tertiary/aromatic N) is 3. The first kappa shape index (κ1) is 14.0. The summed E-state index contributed by atoms with van der Waals surface area (Å²) in [5, 5.41) is 10.9. The lowest BCUT2D eigenvalue weighted by molar-refractivity contribution is -0.384.